The molecular formula is C9H11BrN2O2. The minimum absolute atomic E-state index is 0.206. The van der Waals surface area contributed by atoms with Gasteiger partial charge in [-0.1, -0.05) is 15.9 Å². The van der Waals surface area contributed by atoms with Gasteiger partial charge < -0.3 is 9.32 Å². The van der Waals surface area contributed by atoms with E-state index in [4.69, 9.17) is 4.42 Å². The van der Waals surface area contributed by atoms with Gasteiger partial charge in [0.1, 0.15) is 6.26 Å². The summed E-state index contributed by atoms with van der Waals surface area (Å²) in [5.74, 6) is 0.645. The summed E-state index contributed by atoms with van der Waals surface area (Å²) in [5.41, 5.74) is 0.813. The molecule has 76 valence electrons. The fourth-order valence-electron chi connectivity index (χ4n) is 1.62. The van der Waals surface area contributed by atoms with Gasteiger partial charge in [-0.05, 0) is 5.92 Å². The number of halogens is 1. The number of nitrogens with zero attached hydrogens (tertiary/aromatic N) is 2. The van der Waals surface area contributed by atoms with Crippen molar-refractivity contribution in [2.24, 2.45) is 5.92 Å². The standard InChI is InChI=1S/C9H11BrN2O2/c10-2-7-1-9(13)12(3-7)4-8-5-14-6-11-8/h5-7H,1-4H2. The number of carbonyl (C=O) groups excluding carboxylic acids is 1. The Hall–Kier alpha value is -0.840. The SMILES string of the molecule is O=C1CC(CBr)CN1Cc1cocn1. The molecule has 1 aromatic heterocycles. The Morgan fingerprint density at radius 3 is 3.14 bits per heavy atom. The minimum atomic E-state index is 0.206. The van der Waals surface area contributed by atoms with Gasteiger partial charge in [0.05, 0.1) is 12.2 Å². The van der Waals surface area contributed by atoms with E-state index in [1.165, 1.54) is 6.39 Å². The zero-order chi connectivity index (χ0) is 9.97. The largest absolute Gasteiger partial charge is 0.451 e. The van der Waals surface area contributed by atoms with Crippen molar-refractivity contribution in [1.82, 2.24) is 9.88 Å². The molecule has 1 atom stereocenters. The first-order chi connectivity index (χ1) is 6.79. The van der Waals surface area contributed by atoms with Crippen molar-refractivity contribution in [3.63, 3.8) is 0 Å². The molecule has 0 spiro atoms. The molecule has 0 radical (unpaired) electrons. The van der Waals surface area contributed by atoms with Crippen molar-refractivity contribution in [1.29, 1.82) is 0 Å². The van der Waals surface area contributed by atoms with Gasteiger partial charge in [-0.3, -0.25) is 4.79 Å². The van der Waals surface area contributed by atoms with E-state index in [0.717, 1.165) is 17.6 Å². The third-order valence-electron chi connectivity index (χ3n) is 2.35. The predicted molar refractivity (Wildman–Crippen MR) is 53.8 cm³/mol. The fourth-order valence-corrected chi connectivity index (χ4v) is 2.06. The Morgan fingerprint density at radius 1 is 1.71 bits per heavy atom. The van der Waals surface area contributed by atoms with Crippen LogP contribution in [0.15, 0.2) is 17.1 Å². The maximum absolute atomic E-state index is 11.5. The van der Waals surface area contributed by atoms with Crippen molar-refractivity contribution in [2.45, 2.75) is 13.0 Å². The Morgan fingerprint density at radius 2 is 2.57 bits per heavy atom. The molecule has 1 aliphatic rings. The second-order valence-electron chi connectivity index (χ2n) is 3.48. The smallest absolute Gasteiger partial charge is 0.223 e. The molecule has 0 N–H and O–H groups in total. The highest BCUT2D eigenvalue weighted by Gasteiger charge is 2.28. The van der Waals surface area contributed by atoms with E-state index in [9.17, 15) is 4.79 Å². The van der Waals surface area contributed by atoms with E-state index in [0.29, 0.717) is 18.9 Å². The van der Waals surface area contributed by atoms with Crippen molar-refractivity contribution < 1.29 is 9.21 Å². The lowest BCUT2D eigenvalue weighted by Gasteiger charge is -2.13. The number of likely N-dealkylation sites (tertiary alicyclic amines) is 1. The number of carbonyl (C=O) groups is 1. The van der Waals surface area contributed by atoms with Gasteiger partial charge in [-0.2, -0.15) is 0 Å². The van der Waals surface area contributed by atoms with E-state index in [1.54, 1.807) is 6.26 Å². The number of rotatable bonds is 3. The molecule has 1 amide bonds. The Bertz CT molecular complexity index is 313. The van der Waals surface area contributed by atoms with E-state index < -0.39 is 0 Å². The third-order valence-corrected chi connectivity index (χ3v) is 3.26. The van der Waals surface area contributed by atoms with Crippen LogP contribution >= 0.6 is 15.9 Å². The average Bonchev–Trinajstić information content (AvgIpc) is 2.78. The lowest BCUT2D eigenvalue weighted by Crippen LogP contribution is -2.24. The van der Waals surface area contributed by atoms with Crippen LogP contribution in [0.3, 0.4) is 0 Å². The lowest BCUT2D eigenvalue weighted by atomic mass is 10.2. The highest BCUT2D eigenvalue weighted by Crippen LogP contribution is 2.20. The van der Waals surface area contributed by atoms with E-state index >= 15 is 0 Å². The maximum Gasteiger partial charge on any atom is 0.223 e. The summed E-state index contributed by atoms with van der Waals surface area (Å²) < 4.78 is 4.85. The maximum atomic E-state index is 11.5. The number of aromatic nitrogens is 1. The van der Waals surface area contributed by atoms with Gasteiger partial charge in [0.2, 0.25) is 5.91 Å². The van der Waals surface area contributed by atoms with Gasteiger partial charge in [-0.25, -0.2) is 4.98 Å². The highest BCUT2D eigenvalue weighted by molar-refractivity contribution is 9.09. The van der Waals surface area contributed by atoms with Gasteiger partial charge in [0.15, 0.2) is 6.39 Å². The monoisotopic (exact) mass is 258 g/mol. The van der Waals surface area contributed by atoms with E-state index in [2.05, 4.69) is 20.9 Å². The van der Waals surface area contributed by atoms with E-state index in [1.807, 2.05) is 4.90 Å². The van der Waals surface area contributed by atoms with Crippen LogP contribution < -0.4 is 0 Å². The zero-order valence-electron chi connectivity index (χ0n) is 7.65. The number of hydrogen-bond acceptors (Lipinski definition) is 3. The van der Waals surface area contributed by atoms with Crippen molar-refractivity contribution in [3.8, 4) is 0 Å². The second-order valence-corrected chi connectivity index (χ2v) is 4.13. The Balaban J connectivity index is 1.96. The molecule has 2 heterocycles. The number of oxazole rings is 1. The molecule has 0 aromatic carbocycles. The summed E-state index contributed by atoms with van der Waals surface area (Å²) in [5, 5.41) is 0.883. The second kappa shape index (κ2) is 4.13. The normalized spacial score (nSPS) is 21.9. The molecule has 0 bridgehead atoms. The third kappa shape index (κ3) is 1.97. The van der Waals surface area contributed by atoms with Crippen LogP contribution in [0.2, 0.25) is 0 Å². The quantitative estimate of drug-likeness (QED) is 0.771. The van der Waals surface area contributed by atoms with Gasteiger partial charge >= 0.3 is 0 Å². The summed E-state index contributed by atoms with van der Waals surface area (Å²) in [4.78, 5) is 17.3. The number of hydrogen-bond donors (Lipinski definition) is 0. The van der Waals surface area contributed by atoms with Crippen LogP contribution in [-0.4, -0.2) is 27.7 Å². The molecule has 1 fully saturated rings. The van der Waals surface area contributed by atoms with E-state index in [-0.39, 0.29) is 5.91 Å². The molecular weight excluding hydrogens is 248 g/mol. The summed E-state index contributed by atoms with van der Waals surface area (Å²) >= 11 is 3.40. The first kappa shape index (κ1) is 9.71. The van der Waals surface area contributed by atoms with Crippen molar-refractivity contribution in [2.75, 3.05) is 11.9 Å². The van der Waals surface area contributed by atoms with Crippen molar-refractivity contribution in [3.05, 3.63) is 18.4 Å². The first-order valence-electron chi connectivity index (χ1n) is 4.50. The topological polar surface area (TPSA) is 46.3 Å². The van der Waals surface area contributed by atoms with Crippen LogP contribution in [-0.2, 0) is 11.3 Å². The number of amides is 1. The lowest BCUT2D eigenvalue weighted by molar-refractivity contribution is -0.128. The molecule has 14 heavy (non-hydrogen) atoms. The molecule has 4 nitrogen and oxygen atoms in total. The van der Waals surface area contributed by atoms with Crippen LogP contribution in [0.5, 0.6) is 0 Å². The molecule has 1 unspecified atom stereocenters. The minimum Gasteiger partial charge on any atom is -0.451 e. The summed E-state index contributed by atoms with van der Waals surface area (Å²) in [6, 6.07) is 0. The molecule has 1 aromatic rings. The predicted octanol–water partition coefficient (Wildman–Crippen LogP) is 1.42. The molecule has 1 saturated heterocycles. The number of alkyl halides is 1. The first-order valence-corrected chi connectivity index (χ1v) is 5.62. The Kier molecular flexibility index (Phi) is 2.86. The molecule has 5 heteroatoms. The summed E-state index contributed by atoms with van der Waals surface area (Å²) in [6.07, 6.45) is 3.61. The van der Waals surface area contributed by atoms with Gasteiger partial charge in [-0.15, -0.1) is 0 Å². The molecule has 0 aliphatic carbocycles. The summed E-state index contributed by atoms with van der Waals surface area (Å²) in [6.45, 7) is 1.38. The van der Waals surface area contributed by atoms with Gasteiger partial charge in [0.25, 0.3) is 0 Å². The van der Waals surface area contributed by atoms with Crippen LogP contribution in [0.1, 0.15) is 12.1 Å². The summed E-state index contributed by atoms with van der Waals surface area (Å²) in [7, 11) is 0. The fraction of sp³-hybridized carbons (Fsp3) is 0.556. The van der Waals surface area contributed by atoms with Crippen LogP contribution in [0.4, 0.5) is 0 Å². The molecule has 1 aliphatic heterocycles. The average molecular weight is 259 g/mol. The zero-order valence-corrected chi connectivity index (χ0v) is 9.24. The van der Waals surface area contributed by atoms with Gasteiger partial charge in [0, 0.05) is 18.3 Å². The van der Waals surface area contributed by atoms with Crippen molar-refractivity contribution >= 4 is 21.8 Å². The molecule has 2 rings (SSSR count). The highest BCUT2D eigenvalue weighted by atomic mass is 79.9. The Labute approximate surface area is 90.4 Å². The molecule has 0 saturated carbocycles. The van der Waals surface area contributed by atoms with Crippen LogP contribution in [0, 0.1) is 5.92 Å². The van der Waals surface area contributed by atoms with Crippen LogP contribution in [0.25, 0.3) is 0 Å².